The van der Waals surface area contributed by atoms with E-state index in [2.05, 4.69) is 10.5 Å². The van der Waals surface area contributed by atoms with E-state index in [1.807, 2.05) is 30.3 Å². The highest BCUT2D eigenvalue weighted by Gasteiger charge is 2.47. The molecule has 4 rings (SSSR count). The average molecular weight is 312 g/mol. The molecular formula is C18H20N2O3. The first-order chi connectivity index (χ1) is 11.3. The SMILES string of the molecule is O=C(NC1C2CCC(C2)C1CO)c1cc(-c2ccccc2)on1. The number of aromatic nitrogens is 1. The fourth-order valence-electron chi connectivity index (χ4n) is 4.24. The minimum atomic E-state index is -0.216. The molecule has 0 radical (unpaired) electrons. The Balaban J connectivity index is 1.49. The Bertz CT molecular complexity index is 697. The van der Waals surface area contributed by atoms with Crippen molar-refractivity contribution in [2.75, 3.05) is 6.61 Å². The van der Waals surface area contributed by atoms with Crippen molar-refractivity contribution in [1.82, 2.24) is 10.5 Å². The highest BCUT2D eigenvalue weighted by Crippen LogP contribution is 2.48. The Hall–Kier alpha value is -2.14. The lowest BCUT2D eigenvalue weighted by atomic mass is 9.85. The second-order valence-electron chi connectivity index (χ2n) is 6.62. The largest absolute Gasteiger partial charge is 0.396 e. The van der Waals surface area contributed by atoms with Gasteiger partial charge in [0, 0.05) is 30.2 Å². The van der Waals surface area contributed by atoms with E-state index in [0.717, 1.165) is 18.4 Å². The summed E-state index contributed by atoms with van der Waals surface area (Å²) < 4.78 is 5.29. The number of nitrogens with zero attached hydrogens (tertiary/aromatic N) is 1. The van der Waals surface area contributed by atoms with Crippen LogP contribution in [0.4, 0.5) is 0 Å². The van der Waals surface area contributed by atoms with Crippen LogP contribution in [0.15, 0.2) is 40.9 Å². The van der Waals surface area contributed by atoms with Crippen LogP contribution >= 0.6 is 0 Å². The van der Waals surface area contributed by atoms with Crippen molar-refractivity contribution in [1.29, 1.82) is 0 Å². The van der Waals surface area contributed by atoms with Gasteiger partial charge in [-0.15, -0.1) is 0 Å². The number of hydrogen-bond donors (Lipinski definition) is 2. The highest BCUT2D eigenvalue weighted by molar-refractivity contribution is 5.93. The van der Waals surface area contributed by atoms with Crippen molar-refractivity contribution in [3.63, 3.8) is 0 Å². The van der Waals surface area contributed by atoms with Crippen LogP contribution in [0.1, 0.15) is 29.8 Å². The fourth-order valence-corrected chi connectivity index (χ4v) is 4.24. The summed E-state index contributed by atoms with van der Waals surface area (Å²) in [6.07, 6.45) is 3.43. The molecule has 2 fully saturated rings. The minimum absolute atomic E-state index is 0.0584. The number of carbonyl (C=O) groups is 1. The lowest BCUT2D eigenvalue weighted by Gasteiger charge is -2.30. The molecule has 5 nitrogen and oxygen atoms in total. The molecule has 23 heavy (non-hydrogen) atoms. The molecule has 2 bridgehead atoms. The van der Waals surface area contributed by atoms with Crippen LogP contribution in [-0.4, -0.2) is 28.8 Å². The third-order valence-electron chi connectivity index (χ3n) is 5.40. The van der Waals surface area contributed by atoms with E-state index in [-0.39, 0.29) is 24.5 Å². The number of hydrogen-bond acceptors (Lipinski definition) is 4. The van der Waals surface area contributed by atoms with E-state index in [4.69, 9.17) is 4.52 Å². The van der Waals surface area contributed by atoms with Gasteiger partial charge in [-0.3, -0.25) is 4.79 Å². The third-order valence-corrected chi connectivity index (χ3v) is 5.40. The maximum Gasteiger partial charge on any atom is 0.273 e. The number of nitrogens with one attached hydrogen (secondary N) is 1. The van der Waals surface area contributed by atoms with Gasteiger partial charge in [-0.25, -0.2) is 0 Å². The second kappa shape index (κ2) is 5.81. The van der Waals surface area contributed by atoms with Gasteiger partial charge in [0.2, 0.25) is 0 Å². The van der Waals surface area contributed by atoms with E-state index >= 15 is 0 Å². The smallest absolute Gasteiger partial charge is 0.273 e. The Labute approximate surface area is 134 Å². The number of aliphatic hydroxyl groups is 1. The van der Waals surface area contributed by atoms with Gasteiger partial charge >= 0.3 is 0 Å². The Morgan fingerprint density at radius 1 is 1.26 bits per heavy atom. The molecule has 2 saturated carbocycles. The van der Waals surface area contributed by atoms with Crippen molar-refractivity contribution >= 4 is 5.91 Å². The summed E-state index contributed by atoms with van der Waals surface area (Å²) in [5.41, 5.74) is 1.19. The molecule has 0 aliphatic heterocycles. The van der Waals surface area contributed by atoms with Crippen LogP contribution in [0, 0.1) is 17.8 Å². The number of amides is 1. The van der Waals surface area contributed by atoms with Crippen molar-refractivity contribution in [2.24, 2.45) is 17.8 Å². The summed E-state index contributed by atoms with van der Waals surface area (Å²) in [5, 5.41) is 16.6. The molecule has 1 aromatic heterocycles. The fraction of sp³-hybridized carbons (Fsp3) is 0.444. The molecule has 2 aliphatic rings. The van der Waals surface area contributed by atoms with Gasteiger partial charge in [0.1, 0.15) is 0 Å². The Morgan fingerprint density at radius 3 is 2.83 bits per heavy atom. The third kappa shape index (κ3) is 2.55. The normalized spacial score (nSPS) is 28.9. The van der Waals surface area contributed by atoms with E-state index in [1.54, 1.807) is 6.07 Å². The van der Waals surface area contributed by atoms with E-state index < -0.39 is 0 Å². The second-order valence-corrected chi connectivity index (χ2v) is 6.62. The molecule has 120 valence electrons. The first-order valence-electron chi connectivity index (χ1n) is 8.20. The molecule has 5 heteroatoms. The molecule has 2 N–H and O–H groups in total. The maximum atomic E-state index is 12.5. The van der Waals surface area contributed by atoms with Gasteiger partial charge in [0.15, 0.2) is 11.5 Å². The summed E-state index contributed by atoms with van der Waals surface area (Å²) in [6, 6.07) is 11.3. The zero-order valence-corrected chi connectivity index (χ0v) is 12.8. The minimum Gasteiger partial charge on any atom is -0.396 e. The lowest BCUT2D eigenvalue weighted by Crippen LogP contribution is -2.45. The van der Waals surface area contributed by atoms with Crippen molar-refractivity contribution < 1.29 is 14.4 Å². The lowest BCUT2D eigenvalue weighted by molar-refractivity contribution is 0.0853. The molecule has 4 unspecified atom stereocenters. The van der Waals surface area contributed by atoms with Crippen LogP contribution in [0.2, 0.25) is 0 Å². The summed E-state index contributed by atoms with van der Waals surface area (Å²) in [4.78, 5) is 12.5. The summed E-state index contributed by atoms with van der Waals surface area (Å²) in [5.74, 6) is 1.58. The van der Waals surface area contributed by atoms with Gasteiger partial charge in [0.25, 0.3) is 5.91 Å². The summed E-state index contributed by atoms with van der Waals surface area (Å²) in [7, 11) is 0. The van der Waals surface area contributed by atoms with Crippen molar-refractivity contribution in [2.45, 2.75) is 25.3 Å². The molecule has 1 heterocycles. The van der Waals surface area contributed by atoms with Crippen LogP contribution in [0.25, 0.3) is 11.3 Å². The summed E-state index contributed by atoms with van der Waals surface area (Å²) in [6.45, 7) is 0.139. The highest BCUT2D eigenvalue weighted by atomic mass is 16.5. The van der Waals surface area contributed by atoms with E-state index in [1.165, 1.54) is 6.42 Å². The Kier molecular flexibility index (Phi) is 3.65. The molecule has 4 atom stereocenters. The van der Waals surface area contributed by atoms with E-state index in [9.17, 15) is 9.90 Å². The number of carbonyl (C=O) groups excluding carboxylic acids is 1. The molecule has 0 saturated heterocycles. The molecular weight excluding hydrogens is 292 g/mol. The molecule has 2 aromatic rings. The van der Waals surface area contributed by atoms with Crippen molar-refractivity contribution in [3.8, 4) is 11.3 Å². The number of rotatable bonds is 4. The average Bonchev–Trinajstić information content (AvgIpc) is 3.31. The van der Waals surface area contributed by atoms with Crippen molar-refractivity contribution in [3.05, 3.63) is 42.1 Å². The van der Waals surface area contributed by atoms with Crippen LogP contribution < -0.4 is 5.32 Å². The van der Waals surface area contributed by atoms with Gasteiger partial charge in [-0.1, -0.05) is 35.5 Å². The first-order valence-corrected chi connectivity index (χ1v) is 8.20. The maximum absolute atomic E-state index is 12.5. The predicted octanol–water partition coefficient (Wildman–Crippen LogP) is 2.48. The Morgan fingerprint density at radius 2 is 2.04 bits per heavy atom. The molecule has 2 aliphatic carbocycles. The van der Waals surface area contributed by atoms with Crippen LogP contribution in [0.5, 0.6) is 0 Å². The zero-order chi connectivity index (χ0) is 15.8. The zero-order valence-electron chi connectivity index (χ0n) is 12.8. The monoisotopic (exact) mass is 312 g/mol. The first kappa shape index (κ1) is 14.5. The topological polar surface area (TPSA) is 75.4 Å². The van der Waals surface area contributed by atoms with Gasteiger partial charge < -0.3 is 14.9 Å². The van der Waals surface area contributed by atoms with Gasteiger partial charge in [-0.2, -0.15) is 0 Å². The number of aliphatic hydroxyl groups excluding tert-OH is 1. The van der Waals surface area contributed by atoms with Crippen LogP contribution in [0.3, 0.4) is 0 Å². The standard InChI is InChI=1S/C18H20N2O3/c21-10-14-12-6-7-13(8-12)17(14)19-18(22)15-9-16(23-20-15)11-4-2-1-3-5-11/h1-5,9,12-14,17,21H,6-8,10H2,(H,19,22). The van der Waals surface area contributed by atoms with Crippen LogP contribution in [-0.2, 0) is 0 Å². The molecule has 0 spiro atoms. The van der Waals surface area contributed by atoms with E-state index in [0.29, 0.717) is 23.3 Å². The predicted molar refractivity (Wildman–Crippen MR) is 84.6 cm³/mol. The quantitative estimate of drug-likeness (QED) is 0.909. The van der Waals surface area contributed by atoms with Gasteiger partial charge in [0.05, 0.1) is 0 Å². The molecule has 1 aromatic carbocycles. The number of fused-ring (bicyclic) bond motifs is 2. The number of benzene rings is 1. The molecule has 1 amide bonds. The summed E-state index contributed by atoms with van der Waals surface area (Å²) >= 11 is 0. The van der Waals surface area contributed by atoms with Gasteiger partial charge in [-0.05, 0) is 31.1 Å².